The van der Waals surface area contributed by atoms with Crippen molar-refractivity contribution < 1.29 is 28.2 Å². The Bertz CT molecular complexity index is 1340. The lowest BCUT2D eigenvalue weighted by Crippen LogP contribution is -2.36. The molecule has 0 bridgehead atoms. The van der Waals surface area contributed by atoms with Crippen molar-refractivity contribution >= 4 is 30.4 Å². The maximum Gasteiger partial charge on any atom is 0.333 e. The molecule has 1 aliphatic heterocycles. The van der Waals surface area contributed by atoms with E-state index in [1.54, 1.807) is 12.1 Å². The monoisotopic (exact) mass is 663 g/mol. The van der Waals surface area contributed by atoms with Crippen LogP contribution in [-0.2, 0) is 25.6 Å². The van der Waals surface area contributed by atoms with Crippen LogP contribution < -0.4 is 0 Å². The second-order valence-corrected chi connectivity index (χ2v) is 12.5. The molecule has 1 atom stereocenters. The number of nitrogens with zero attached hydrogens (tertiary/aromatic N) is 1. The highest BCUT2D eigenvalue weighted by atomic mass is 32.1. The Balaban J connectivity index is 1.27. The molecule has 0 N–H and O–H groups in total. The van der Waals surface area contributed by atoms with Crippen LogP contribution in [-0.4, -0.2) is 47.8 Å². The first kappa shape index (κ1) is 38.0. The lowest BCUT2D eigenvalue weighted by molar-refractivity contribution is -0.164. The normalized spacial score (nSPS) is 18.4. The smallest absolute Gasteiger partial charge is 0.333 e. The number of ether oxygens (including phenoxy) is 2. The first-order chi connectivity index (χ1) is 22.9. The molecule has 3 rings (SSSR count). The van der Waals surface area contributed by atoms with Crippen LogP contribution in [0, 0.1) is 11.7 Å². The van der Waals surface area contributed by atoms with E-state index in [4.69, 9.17) is 9.47 Å². The van der Waals surface area contributed by atoms with E-state index in [1.807, 2.05) is 4.90 Å². The molecule has 1 unspecified atom stereocenters. The van der Waals surface area contributed by atoms with E-state index < -0.39 is 24.5 Å². The average molecular weight is 664 g/mol. The van der Waals surface area contributed by atoms with Crippen molar-refractivity contribution in [1.82, 2.24) is 4.90 Å². The van der Waals surface area contributed by atoms with Crippen molar-refractivity contribution in [2.75, 3.05) is 19.9 Å². The number of halogens is 1. The number of likely N-dealkylation sites (tertiary alicyclic amines) is 1. The van der Waals surface area contributed by atoms with Gasteiger partial charge < -0.3 is 9.47 Å². The summed E-state index contributed by atoms with van der Waals surface area (Å²) >= 11 is 4.61. The standard InChI is InChI=1S/C39H50FNO5S/c1-2-3-4-5-6-7-8-9-10-11-12-13-14-15-16-17-18-22-37(42)45-30-46-38(43)27-32-28-41(26-25-36(32)47)29-34-33(20-19-21-35(34)40)39(44)31-23-24-31/h3-4,6-7,9-10,12-13,15-16,19-21,27,31,36,47H,2,5,8,11,14,17-18,22-26,28-30H2,1H3/b4-3-,7-6-,10-9-,13-12-,16-15-,32-27-. The zero-order valence-electron chi connectivity index (χ0n) is 27.7. The zero-order valence-corrected chi connectivity index (χ0v) is 28.6. The highest BCUT2D eigenvalue weighted by Crippen LogP contribution is 2.34. The van der Waals surface area contributed by atoms with Crippen molar-refractivity contribution in [2.24, 2.45) is 5.92 Å². The van der Waals surface area contributed by atoms with Gasteiger partial charge in [0.25, 0.3) is 0 Å². The van der Waals surface area contributed by atoms with E-state index in [9.17, 15) is 18.8 Å². The first-order valence-corrected chi connectivity index (χ1v) is 17.4. The number of hydrogen-bond donors (Lipinski definition) is 1. The number of esters is 2. The van der Waals surface area contributed by atoms with Gasteiger partial charge >= 0.3 is 11.9 Å². The molecule has 6 nitrogen and oxygen atoms in total. The zero-order chi connectivity index (χ0) is 33.7. The molecule has 2 fully saturated rings. The predicted molar refractivity (Wildman–Crippen MR) is 190 cm³/mol. The summed E-state index contributed by atoms with van der Waals surface area (Å²) < 4.78 is 24.9. The minimum absolute atomic E-state index is 0.00180. The lowest BCUT2D eigenvalue weighted by Gasteiger charge is -2.32. The molecule has 1 heterocycles. The van der Waals surface area contributed by atoms with Gasteiger partial charge in [0.15, 0.2) is 5.78 Å². The number of ketones is 1. The average Bonchev–Trinajstić information content (AvgIpc) is 3.91. The summed E-state index contributed by atoms with van der Waals surface area (Å²) in [6.45, 7) is 3.00. The Kier molecular flexibility index (Phi) is 17.9. The molecule has 1 aromatic carbocycles. The number of rotatable bonds is 20. The Morgan fingerprint density at radius 3 is 2.17 bits per heavy atom. The Morgan fingerprint density at radius 1 is 0.894 bits per heavy atom. The largest absolute Gasteiger partial charge is 0.428 e. The Hall–Kier alpha value is -3.49. The molecule has 8 heteroatoms. The van der Waals surface area contributed by atoms with E-state index >= 15 is 0 Å². The van der Waals surface area contributed by atoms with Crippen LogP contribution >= 0.6 is 12.6 Å². The number of piperidine rings is 1. The molecule has 0 aromatic heterocycles. The van der Waals surface area contributed by atoms with Crippen molar-refractivity contribution in [3.63, 3.8) is 0 Å². The highest BCUT2D eigenvalue weighted by molar-refractivity contribution is 7.81. The van der Waals surface area contributed by atoms with Crippen LogP contribution in [0.3, 0.4) is 0 Å². The summed E-state index contributed by atoms with van der Waals surface area (Å²) in [4.78, 5) is 39.2. The summed E-state index contributed by atoms with van der Waals surface area (Å²) in [5.41, 5.74) is 1.58. The molecule has 1 saturated carbocycles. The molecule has 1 saturated heterocycles. The second-order valence-electron chi connectivity index (χ2n) is 11.8. The van der Waals surface area contributed by atoms with Crippen LogP contribution in [0.15, 0.2) is 90.6 Å². The summed E-state index contributed by atoms with van der Waals surface area (Å²) in [5.74, 6) is -1.43. The molecule has 1 aromatic rings. The minimum atomic E-state index is -0.622. The fourth-order valence-electron chi connectivity index (χ4n) is 5.10. The maximum atomic E-state index is 14.8. The number of thiol groups is 1. The second kappa shape index (κ2) is 22.1. The molecular formula is C39H50FNO5S. The fourth-order valence-corrected chi connectivity index (χ4v) is 5.37. The number of benzene rings is 1. The van der Waals surface area contributed by atoms with Crippen LogP contribution in [0.2, 0.25) is 0 Å². The molecule has 1 aliphatic carbocycles. The van der Waals surface area contributed by atoms with Crippen LogP contribution in [0.5, 0.6) is 0 Å². The number of hydrogen-bond acceptors (Lipinski definition) is 7. The topological polar surface area (TPSA) is 72.9 Å². The molecular weight excluding hydrogens is 613 g/mol. The molecule has 2 aliphatic rings. The van der Waals surface area contributed by atoms with Gasteiger partial charge in [-0.2, -0.15) is 12.6 Å². The molecule has 0 spiro atoms. The van der Waals surface area contributed by atoms with Crippen molar-refractivity contribution in [1.29, 1.82) is 0 Å². The third kappa shape index (κ3) is 15.3. The third-order valence-corrected chi connectivity index (χ3v) is 8.49. The van der Waals surface area contributed by atoms with Gasteiger partial charge in [-0.1, -0.05) is 79.8 Å². The molecule has 47 heavy (non-hydrogen) atoms. The van der Waals surface area contributed by atoms with Gasteiger partial charge in [-0.05, 0) is 75.8 Å². The van der Waals surface area contributed by atoms with Crippen molar-refractivity contribution in [3.8, 4) is 0 Å². The van der Waals surface area contributed by atoms with E-state index in [1.165, 1.54) is 12.1 Å². The van der Waals surface area contributed by atoms with Gasteiger partial charge in [0.1, 0.15) is 5.82 Å². The van der Waals surface area contributed by atoms with Crippen molar-refractivity contribution in [3.05, 3.63) is 108 Å². The Labute approximate surface area is 285 Å². The summed E-state index contributed by atoms with van der Waals surface area (Å²) in [6.07, 6.45) is 31.7. The Morgan fingerprint density at radius 2 is 1.53 bits per heavy atom. The fraction of sp³-hybridized carbons (Fsp3) is 0.462. The predicted octanol–water partition coefficient (Wildman–Crippen LogP) is 8.81. The molecule has 0 radical (unpaired) electrons. The maximum absolute atomic E-state index is 14.8. The number of carbonyl (C=O) groups excluding carboxylic acids is 3. The SMILES string of the molecule is CC/C=C\C/C=C\C/C=C\C/C=C\C/C=C\CCCC(=O)OCOC(=O)/C=C1/CN(Cc2c(F)cccc2C(=O)C2CC2)CCC1S. The lowest BCUT2D eigenvalue weighted by atomic mass is 9.98. The number of carbonyl (C=O) groups is 3. The van der Waals surface area contributed by atoms with Gasteiger partial charge in [-0.25, -0.2) is 9.18 Å². The number of Topliss-reactive ketones (excluding diaryl/α,β-unsaturated/α-hetero) is 1. The van der Waals surface area contributed by atoms with Crippen molar-refractivity contribution in [2.45, 2.75) is 89.3 Å². The van der Waals surface area contributed by atoms with Crippen LogP contribution in [0.4, 0.5) is 4.39 Å². The van der Waals surface area contributed by atoms with E-state index in [0.29, 0.717) is 37.1 Å². The molecule has 0 amide bonds. The van der Waals surface area contributed by atoms with Gasteiger partial charge in [0, 0.05) is 54.4 Å². The summed E-state index contributed by atoms with van der Waals surface area (Å²) in [5, 5.41) is -0.148. The van der Waals surface area contributed by atoms with Crippen LogP contribution in [0.25, 0.3) is 0 Å². The van der Waals surface area contributed by atoms with Gasteiger partial charge in [0.2, 0.25) is 6.79 Å². The number of allylic oxidation sites excluding steroid dienone is 10. The summed E-state index contributed by atoms with van der Waals surface area (Å²) in [7, 11) is 0. The molecule has 254 valence electrons. The van der Waals surface area contributed by atoms with E-state index in [-0.39, 0.29) is 29.9 Å². The third-order valence-electron chi connectivity index (χ3n) is 7.90. The van der Waals surface area contributed by atoms with E-state index in [0.717, 1.165) is 56.9 Å². The quantitative estimate of drug-likeness (QED) is 0.0286. The van der Waals surface area contributed by atoms with Gasteiger partial charge in [-0.3, -0.25) is 14.5 Å². The highest BCUT2D eigenvalue weighted by Gasteiger charge is 2.33. The first-order valence-electron chi connectivity index (χ1n) is 16.9. The van der Waals surface area contributed by atoms with Gasteiger partial charge in [-0.15, -0.1) is 0 Å². The minimum Gasteiger partial charge on any atom is -0.428 e. The van der Waals surface area contributed by atoms with Gasteiger partial charge in [0.05, 0.1) is 0 Å². The number of unbranched alkanes of at least 4 members (excludes halogenated alkanes) is 1. The van der Waals surface area contributed by atoms with E-state index in [2.05, 4.69) is 80.3 Å². The summed E-state index contributed by atoms with van der Waals surface area (Å²) in [6, 6.07) is 4.66. The van der Waals surface area contributed by atoms with Crippen LogP contribution in [0.1, 0.15) is 93.5 Å².